The van der Waals surface area contributed by atoms with Gasteiger partial charge in [-0.2, -0.15) is 13.2 Å². The molecule has 0 aromatic heterocycles. The lowest BCUT2D eigenvalue weighted by Crippen LogP contribution is -2.53. The first-order chi connectivity index (χ1) is 11.0. The quantitative estimate of drug-likeness (QED) is 0.765. The van der Waals surface area contributed by atoms with E-state index in [-0.39, 0.29) is 23.4 Å². The molecule has 0 aromatic carbocycles. The van der Waals surface area contributed by atoms with Crippen molar-refractivity contribution < 1.29 is 22.7 Å². The molecule has 0 aromatic rings. The number of halogens is 3. The number of nitrogens with one attached hydrogen (secondary N) is 1. The minimum atomic E-state index is -4.42. The van der Waals surface area contributed by atoms with Gasteiger partial charge in [0.25, 0.3) is 0 Å². The van der Waals surface area contributed by atoms with Crippen LogP contribution in [0.1, 0.15) is 59.8 Å². The number of amides is 1. The minimum absolute atomic E-state index is 0.123. The molecule has 1 N–H and O–H groups in total. The van der Waals surface area contributed by atoms with Crippen LogP contribution < -0.4 is 5.32 Å². The van der Waals surface area contributed by atoms with Crippen molar-refractivity contribution in [3.8, 4) is 0 Å². The molecular weight excluding hydrogens is 319 g/mol. The van der Waals surface area contributed by atoms with Crippen LogP contribution in [0.25, 0.3) is 0 Å². The highest BCUT2D eigenvalue weighted by Gasteiger charge is 2.52. The number of hydrogen-bond donors (Lipinski definition) is 1. The Morgan fingerprint density at radius 1 is 1.29 bits per heavy atom. The largest absolute Gasteiger partial charge is 0.446 e. The van der Waals surface area contributed by atoms with Crippen molar-refractivity contribution in [2.24, 2.45) is 29.1 Å². The van der Waals surface area contributed by atoms with E-state index in [4.69, 9.17) is 4.74 Å². The van der Waals surface area contributed by atoms with Crippen molar-refractivity contribution in [3.63, 3.8) is 0 Å². The maximum atomic E-state index is 12.3. The second-order valence-electron chi connectivity index (χ2n) is 8.33. The third kappa shape index (κ3) is 4.37. The second-order valence-corrected chi connectivity index (χ2v) is 8.33. The van der Waals surface area contributed by atoms with Crippen molar-refractivity contribution in [2.45, 2.75) is 72.1 Å². The van der Waals surface area contributed by atoms with Crippen LogP contribution in [-0.2, 0) is 4.74 Å². The first-order valence-corrected chi connectivity index (χ1v) is 9.05. The van der Waals surface area contributed by atoms with Gasteiger partial charge in [0.1, 0.15) is 12.6 Å². The normalized spacial score (nSPS) is 37.0. The SMILES string of the molecule is CC(C)[C@@H]1CC[C@@]2(C)CCC[C@H](C)[C@@H]2[C@H]1OC(=O)NCC(F)(F)F. The summed E-state index contributed by atoms with van der Waals surface area (Å²) in [4.78, 5) is 12.0. The van der Waals surface area contributed by atoms with Crippen LogP contribution in [0, 0.1) is 29.1 Å². The number of carbonyl (C=O) groups is 1. The Balaban J connectivity index is 2.15. The van der Waals surface area contributed by atoms with Crippen LogP contribution in [0.2, 0.25) is 0 Å². The van der Waals surface area contributed by atoms with Gasteiger partial charge >= 0.3 is 12.3 Å². The second kappa shape index (κ2) is 7.12. The number of alkyl halides is 3. The van der Waals surface area contributed by atoms with E-state index in [1.165, 1.54) is 6.42 Å². The highest BCUT2D eigenvalue weighted by molar-refractivity contribution is 5.67. The van der Waals surface area contributed by atoms with Crippen LogP contribution >= 0.6 is 0 Å². The Labute approximate surface area is 142 Å². The van der Waals surface area contributed by atoms with Gasteiger partial charge in [-0.1, -0.05) is 40.5 Å². The lowest BCUT2D eigenvalue weighted by Gasteiger charge is -2.54. The third-order valence-corrected chi connectivity index (χ3v) is 6.18. The average Bonchev–Trinajstić information content (AvgIpc) is 2.43. The number of rotatable bonds is 3. The Morgan fingerprint density at radius 2 is 1.96 bits per heavy atom. The lowest BCUT2D eigenvalue weighted by atomic mass is 9.53. The van der Waals surface area contributed by atoms with E-state index in [2.05, 4.69) is 27.7 Å². The summed E-state index contributed by atoms with van der Waals surface area (Å²) in [5.74, 6) is 1.19. The lowest BCUT2D eigenvalue weighted by molar-refractivity contribution is -0.131. The minimum Gasteiger partial charge on any atom is -0.446 e. The van der Waals surface area contributed by atoms with E-state index in [9.17, 15) is 18.0 Å². The van der Waals surface area contributed by atoms with Gasteiger partial charge in [-0.3, -0.25) is 0 Å². The van der Waals surface area contributed by atoms with Crippen molar-refractivity contribution >= 4 is 6.09 Å². The maximum absolute atomic E-state index is 12.3. The number of alkyl carbamates (subject to hydrolysis) is 1. The zero-order valence-electron chi connectivity index (χ0n) is 15.1. The molecule has 0 bridgehead atoms. The highest BCUT2D eigenvalue weighted by Crippen LogP contribution is 2.55. The van der Waals surface area contributed by atoms with E-state index >= 15 is 0 Å². The van der Waals surface area contributed by atoms with Crippen LogP contribution in [0.3, 0.4) is 0 Å². The van der Waals surface area contributed by atoms with Crippen molar-refractivity contribution in [3.05, 3.63) is 0 Å². The van der Waals surface area contributed by atoms with E-state index in [1.807, 2.05) is 5.32 Å². The predicted octanol–water partition coefficient (Wildman–Crippen LogP) is 5.15. The van der Waals surface area contributed by atoms with Gasteiger partial charge in [0.05, 0.1) is 0 Å². The summed E-state index contributed by atoms with van der Waals surface area (Å²) in [6.45, 7) is 7.31. The predicted molar refractivity (Wildman–Crippen MR) is 86.5 cm³/mol. The molecule has 3 nitrogen and oxygen atoms in total. The number of hydrogen-bond acceptors (Lipinski definition) is 2. The monoisotopic (exact) mass is 349 g/mol. The molecule has 2 fully saturated rings. The first kappa shape index (κ1) is 19.4. The molecule has 2 aliphatic rings. The molecule has 2 saturated carbocycles. The number of fused-ring (bicyclic) bond motifs is 1. The zero-order valence-corrected chi connectivity index (χ0v) is 15.1. The Kier molecular flexibility index (Phi) is 5.75. The summed E-state index contributed by atoms with van der Waals surface area (Å²) in [6.07, 6.45) is -0.212. The summed E-state index contributed by atoms with van der Waals surface area (Å²) in [5.41, 5.74) is 0.123. The summed E-state index contributed by atoms with van der Waals surface area (Å²) in [5, 5.41) is 1.87. The Morgan fingerprint density at radius 3 is 2.54 bits per heavy atom. The van der Waals surface area contributed by atoms with Crippen molar-refractivity contribution in [2.75, 3.05) is 6.54 Å². The number of carbonyl (C=O) groups excluding carboxylic acids is 1. The van der Waals surface area contributed by atoms with Gasteiger partial charge in [0.2, 0.25) is 0 Å². The molecule has 24 heavy (non-hydrogen) atoms. The third-order valence-electron chi connectivity index (χ3n) is 6.18. The molecule has 0 spiro atoms. The molecule has 0 unspecified atom stereocenters. The molecule has 0 radical (unpaired) electrons. The van der Waals surface area contributed by atoms with Crippen LogP contribution in [0.4, 0.5) is 18.0 Å². The molecule has 5 atom stereocenters. The van der Waals surface area contributed by atoms with Gasteiger partial charge < -0.3 is 10.1 Å². The fraction of sp³-hybridized carbons (Fsp3) is 0.944. The standard InChI is InChI=1S/C18H30F3NO2/c1-11(2)13-7-9-17(4)8-5-6-12(3)14(17)15(13)24-16(23)22-10-18(19,20)21/h11-15H,5-10H2,1-4H3,(H,22,23)/t12-,13-,14+,15-,17+/m0/s1. The fourth-order valence-electron chi connectivity index (χ4n) is 5.01. The molecule has 0 aliphatic heterocycles. The van der Waals surface area contributed by atoms with Crippen LogP contribution in [-0.4, -0.2) is 24.9 Å². The summed E-state index contributed by atoms with van der Waals surface area (Å²) >= 11 is 0. The Hall–Kier alpha value is -0.940. The molecule has 2 rings (SSSR count). The smallest absolute Gasteiger partial charge is 0.407 e. The fourth-order valence-corrected chi connectivity index (χ4v) is 5.01. The number of ether oxygens (including phenoxy) is 1. The van der Waals surface area contributed by atoms with Crippen LogP contribution in [0.15, 0.2) is 0 Å². The maximum Gasteiger partial charge on any atom is 0.407 e. The molecular formula is C18H30F3NO2. The summed E-state index contributed by atoms with van der Waals surface area (Å²) in [6, 6.07) is 0. The molecule has 1 amide bonds. The van der Waals surface area contributed by atoms with E-state index in [0.29, 0.717) is 11.8 Å². The zero-order chi connectivity index (χ0) is 18.1. The van der Waals surface area contributed by atoms with E-state index in [1.54, 1.807) is 0 Å². The van der Waals surface area contributed by atoms with Crippen molar-refractivity contribution in [1.82, 2.24) is 5.32 Å². The molecule has 140 valence electrons. The van der Waals surface area contributed by atoms with E-state index in [0.717, 1.165) is 25.7 Å². The molecule has 0 saturated heterocycles. The van der Waals surface area contributed by atoms with Gasteiger partial charge in [-0.15, -0.1) is 0 Å². The van der Waals surface area contributed by atoms with E-state index < -0.39 is 18.8 Å². The van der Waals surface area contributed by atoms with Gasteiger partial charge in [0.15, 0.2) is 0 Å². The topological polar surface area (TPSA) is 38.3 Å². The highest BCUT2D eigenvalue weighted by atomic mass is 19.4. The Bertz CT molecular complexity index is 452. The van der Waals surface area contributed by atoms with Gasteiger partial charge in [-0.25, -0.2) is 4.79 Å². The van der Waals surface area contributed by atoms with Gasteiger partial charge in [0, 0.05) is 5.92 Å². The molecule has 2 aliphatic carbocycles. The molecule has 6 heteroatoms. The summed E-state index contributed by atoms with van der Waals surface area (Å²) in [7, 11) is 0. The van der Waals surface area contributed by atoms with Crippen molar-refractivity contribution in [1.29, 1.82) is 0 Å². The summed E-state index contributed by atoms with van der Waals surface area (Å²) < 4.78 is 42.6. The first-order valence-electron chi connectivity index (χ1n) is 9.05. The molecule has 0 heterocycles. The van der Waals surface area contributed by atoms with Gasteiger partial charge in [-0.05, 0) is 42.4 Å². The van der Waals surface area contributed by atoms with Crippen LogP contribution in [0.5, 0.6) is 0 Å². The average molecular weight is 349 g/mol.